The highest BCUT2D eigenvalue weighted by atomic mass is 16.1. The quantitative estimate of drug-likeness (QED) is 0.887. The largest absolute Gasteiger partial charge is 0.307 e. The maximum absolute atomic E-state index is 12.3. The van der Waals surface area contributed by atoms with Crippen molar-refractivity contribution in [1.29, 1.82) is 0 Å². The van der Waals surface area contributed by atoms with Gasteiger partial charge in [0.05, 0.1) is 6.04 Å². The molecule has 1 heterocycles. The molecule has 2 nitrogen and oxygen atoms in total. The number of piperidine rings is 1. The van der Waals surface area contributed by atoms with E-state index in [0.717, 1.165) is 13.0 Å². The molecule has 1 fully saturated rings. The third kappa shape index (κ3) is 2.99. The molecule has 1 aliphatic heterocycles. The van der Waals surface area contributed by atoms with Gasteiger partial charge in [0.1, 0.15) is 0 Å². The number of rotatable bonds is 3. The van der Waals surface area contributed by atoms with Crippen molar-refractivity contribution in [1.82, 2.24) is 5.32 Å². The molecule has 0 aliphatic carbocycles. The first kappa shape index (κ1) is 13.3. The number of ketones is 1. The fraction of sp³-hybridized carbons (Fsp3) is 0.562. The Bertz CT molecular complexity index is 421. The monoisotopic (exact) mass is 245 g/mol. The number of aryl methyl sites for hydroxylation is 3. The lowest BCUT2D eigenvalue weighted by Crippen LogP contribution is -2.41. The van der Waals surface area contributed by atoms with E-state index in [9.17, 15) is 4.79 Å². The van der Waals surface area contributed by atoms with E-state index in [2.05, 4.69) is 38.2 Å². The topological polar surface area (TPSA) is 29.1 Å². The third-order valence-corrected chi connectivity index (χ3v) is 3.89. The molecule has 1 aliphatic rings. The average molecular weight is 245 g/mol. The van der Waals surface area contributed by atoms with Gasteiger partial charge < -0.3 is 5.32 Å². The highest BCUT2D eigenvalue weighted by molar-refractivity contribution is 5.86. The first-order valence-corrected chi connectivity index (χ1v) is 6.91. The van der Waals surface area contributed by atoms with Crippen molar-refractivity contribution < 1.29 is 4.79 Å². The van der Waals surface area contributed by atoms with Gasteiger partial charge in [0.25, 0.3) is 0 Å². The van der Waals surface area contributed by atoms with Gasteiger partial charge in [-0.25, -0.2) is 0 Å². The van der Waals surface area contributed by atoms with Crippen molar-refractivity contribution in [3.8, 4) is 0 Å². The Hall–Kier alpha value is -1.15. The van der Waals surface area contributed by atoms with Crippen LogP contribution in [0.25, 0.3) is 0 Å². The molecular weight excluding hydrogens is 222 g/mol. The summed E-state index contributed by atoms with van der Waals surface area (Å²) in [6.07, 6.45) is 3.96. The molecule has 1 N–H and O–H groups in total. The predicted molar refractivity (Wildman–Crippen MR) is 75.0 cm³/mol. The molecule has 2 rings (SSSR count). The summed E-state index contributed by atoms with van der Waals surface area (Å²) in [6.45, 7) is 7.31. The van der Waals surface area contributed by atoms with Gasteiger partial charge in [-0.2, -0.15) is 0 Å². The molecule has 1 atom stereocenters. The van der Waals surface area contributed by atoms with Crippen molar-refractivity contribution >= 4 is 5.78 Å². The Morgan fingerprint density at radius 1 is 1.22 bits per heavy atom. The fourth-order valence-electron chi connectivity index (χ4n) is 2.91. The molecule has 0 bridgehead atoms. The van der Waals surface area contributed by atoms with Crippen LogP contribution in [0.2, 0.25) is 0 Å². The second-order valence-electron chi connectivity index (χ2n) is 5.52. The molecule has 0 saturated carbocycles. The predicted octanol–water partition coefficient (Wildman–Crippen LogP) is 2.87. The number of carbonyl (C=O) groups is 1. The van der Waals surface area contributed by atoms with Crippen LogP contribution in [0.1, 0.15) is 41.5 Å². The maximum Gasteiger partial charge on any atom is 0.154 e. The van der Waals surface area contributed by atoms with E-state index in [0.29, 0.717) is 12.2 Å². The van der Waals surface area contributed by atoms with Crippen LogP contribution in [-0.4, -0.2) is 18.4 Å². The fourth-order valence-corrected chi connectivity index (χ4v) is 2.91. The van der Waals surface area contributed by atoms with Crippen molar-refractivity contribution in [3.63, 3.8) is 0 Å². The van der Waals surface area contributed by atoms with Gasteiger partial charge in [-0.05, 0) is 56.8 Å². The van der Waals surface area contributed by atoms with Gasteiger partial charge >= 0.3 is 0 Å². The van der Waals surface area contributed by atoms with Crippen LogP contribution in [-0.2, 0) is 11.2 Å². The van der Waals surface area contributed by atoms with Crippen LogP contribution < -0.4 is 5.32 Å². The minimum Gasteiger partial charge on any atom is -0.307 e. The normalized spacial score (nSPS) is 19.8. The van der Waals surface area contributed by atoms with Crippen LogP contribution in [0.5, 0.6) is 0 Å². The summed E-state index contributed by atoms with van der Waals surface area (Å²) >= 11 is 0. The molecule has 0 amide bonds. The van der Waals surface area contributed by atoms with Crippen LogP contribution in [0.15, 0.2) is 12.1 Å². The van der Waals surface area contributed by atoms with Gasteiger partial charge in [0.2, 0.25) is 0 Å². The lowest BCUT2D eigenvalue weighted by atomic mass is 9.91. The minimum atomic E-state index is 0.0823. The van der Waals surface area contributed by atoms with Gasteiger partial charge in [0.15, 0.2) is 5.78 Å². The smallest absolute Gasteiger partial charge is 0.154 e. The summed E-state index contributed by atoms with van der Waals surface area (Å²) in [5, 5.41) is 3.34. The summed E-state index contributed by atoms with van der Waals surface area (Å²) in [5.74, 6) is 0.352. The first-order valence-electron chi connectivity index (χ1n) is 6.91. The lowest BCUT2D eigenvalue weighted by molar-refractivity contribution is -0.120. The summed E-state index contributed by atoms with van der Waals surface area (Å²) < 4.78 is 0. The summed E-state index contributed by atoms with van der Waals surface area (Å²) in [7, 11) is 0. The van der Waals surface area contributed by atoms with Crippen LogP contribution in [0.4, 0.5) is 0 Å². The SMILES string of the molecule is Cc1cc(C)c(CC(=O)[C@@H]2CCCCN2)c(C)c1. The first-order chi connectivity index (χ1) is 8.58. The Kier molecular flexibility index (Phi) is 4.18. The van der Waals surface area contributed by atoms with Crippen molar-refractivity contribution in [2.24, 2.45) is 0 Å². The number of carbonyl (C=O) groups excluding carboxylic acids is 1. The van der Waals surface area contributed by atoms with E-state index in [1.807, 2.05) is 0 Å². The second kappa shape index (κ2) is 5.66. The average Bonchev–Trinajstić information content (AvgIpc) is 2.34. The van der Waals surface area contributed by atoms with E-state index >= 15 is 0 Å². The molecular formula is C16H23NO. The van der Waals surface area contributed by atoms with Crippen molar-refractivity contribution in [2.75, 3.05) is 6.54 Å². The van der Waals surface area contributed by atoms with Gasteiger partial charge in [-0.1, -0.05) is 24.1 Å². The zero-order chi connectivity index (χ0) is 13.1. The molecule has 0 spiro atoms. The zero-order valence-electron chi connectivity index (χ0n) is 11.7. The molecule has 18 heavy (non-hydrogen) atoms. The standard InChI is InChI=1S/C16H23NO/c1-11-8-12(2)14(13(3)9-11)10-16(18)15-6-4-5-7-17-15/h8-9,15,17H,4-7,10H2,1-3H3/t15-/m0/s1. The van der Waals surface area contributed by atoms with E-state index in [1.54, 1.807) is 0 Å². The summed E-state index contributed by atoms with van der Waals surface area (Å²) in [6, 6.07) is 4.42. The Morgan fingerprint density at radius 2 is 1.89 bits per heavy atom. The Morgan fingerprint density at radius 3 is 2.44 bits per heavy atom. The molecule has 0 radical (unpaired) electrons. The molecule has 1 saturated heterocycles. The van der Waals surface area contributed by atoms with Gasteiger partial charge in [-0.15, -0.1) is 0 Å². The third-order valence-electron chi connectivity index (χ3n) is 3.89. The van der Waals surface area contributed by atoms with Crippen molar-refractivity contribution in [2.45, 2.75) is 52.5 Å². The molecule has 98 valence electrons. The lowest BCUT2D eigenvalue weighted by Gasteiger charge is -2.23. The van der Waals surface area contributed by atoms with Gasteiger partial charge in [0, 0.05) is 6.42 Å². The highest BCUT2D eigenvalue weighted by Gasteiger charge is 2.21. The van der Waals surface area contributed by atoms with Crippen LogP contribution in [0.3, 0.4) is 0 Å². The minimum absolute atomic E-state index is 0.0823. The molecule has 1 aromatic carbocycles. The summed E-state index contributed by atoms with van der Waals surface area (Å²) in [5.41, 5.74) is 4.99. The van der Waals surface area contributed by atoms with E-state index in [4.69, 9.17) is 0 Å². The zero-order valence-corrected chi connectivity index (χ0v) is 11.7. The number of hydrogen-bond donors (Lipinski definition) is 1. The second-order valence-corrected chi connectivity index (χ2v) is 5.52. The molecule has 0 aromatic heterocycles. The van der Waals surface area contributed by atoms with E-state index in [1.165, 1.54) is 35.1 Å². The number of Topliss-reactive ketones (excluding diaryl/α,β-unsaturated/α-hetero) is 1. The van der Waals surface area contributed by atoms with Gasteiger partial charge in [-0.3, -0.25) is 4.79 Å². The molecule has 1 aromatic rings. The number of benzene rings is 1. The van der Waals surface area contributed by atoms with Crippen LogP contribution in [0, 0.1) is 20.8 Å². The number of hydrogen-bond acceptors (Lipinski definition) is 2. The molecule has 2 heteroatoms. The van der Waals surface area contributed by atoms with Crippen LogP contribution >= 0.6 is 0 Å². The Labute approximate surface area is 110 Å². The summed E-state index contributed by atoms with van der Waals surface area (Å²) in [4.78, 5) is 12.3. The maximum atomic E-state index is 12.3. The van der Waals surface area contributed by atoms with E-state index < -0.39 is 0 Å². The van der Waals surface area contributed by atoms with Crippen molar-refractivity contribution in [3.05, 3.63) is 34.4 Å². The van der Waals surface area contributed by atoms with E-state index in [-0.39, 0.29) is 6.04 Å². The molecule has 0 unspecified atom stereocenters. The Balaban J connectivity index is 2.11. The highest BCUT2D eigenvalue weighted by Crippen LogP contribution is 2.19. The number of nitrogens with one attached hydrogen (secondary N) is 1.